The SMILES string of the molecule is CCC(C(=O)Nc1ccn(Cc2ccccc2C)n1)n1cc(Br)cn1. The van der Waals surface area contributed by atoms with Crippen molar-refractivity contribution in [3.05, 3.63) is 64.5 Å². The number of aryl methyl sites for hydroxylation is 1. The maximum Gasteiger partial charge on any atom is 0.250 e. The molecule has 0 spiro atoms. The molecule has 0 aliphatic heterocycles. The second-order valence-electron chi connectivity index (χ2n) is 5.88. The lowest BCUT2D eigenvalue weighted by Gasteiger charge is -2.14. The van der Waals surface area contributed by atoms with Gasteiger partial charge in [0.25, 0.3) is 0 Å². The van der Waals surface area contributed by atoms with Gasteiger partial charge >= 0.3 is 0 Å². The minimum atomic E-state index is -0.368. The predicted octanol–water partition coefficient (Wildman–Crippen LogP) is 3.79. The minimum absolute atomic E-state index is 0.126. The molecule has 0 fully saturated rings. The normalized spacial score (nSPS) is 12.1. The maximum atomic E-state index is 12.5. The number of hydrogen-bond acceptors (Lipinski definition) is 3. The van der Waals surface area contributed by atoms with Gasteiger partial charge in [-0.25, -0.2) is 0 Å². The Morgan fingerprint density at radius 1 is 1.32 bits per heavy atom. The summed E-state index contributed by atoms with van der Waals surface area (Å²) in [5.74, 6) is 0.419. The fraction of sp³-hybridized carbons (Fsp3) is 0.278. The maximum absolute atomic E-state index is 12.5. The van der Waals surface area contributed by atoms with Gasteiger partial charge in [-0.05, 0) is 40.4 Å². The molecular weight excluding hydrogens is 382 g/mol. The van der Waals surface area contributed by atoms with Gasteiger partial charge < -0.3 is 5.32 Å². The molecule has 7 heteroatoms. The van der Waals surface area contributed by atoms with Gasteiger partial charge in [-0.1, -0.05) is 31.2 Å². The second-order valence-corrected chi connectivity index (χ2v) is 6.79. The number of anilines is 1. The van der Waals surface area contributed by atoms with Crippen molar-refractivity contribution >= 4 is 27.7 Å². The van der Waals surface area contributed by atoms with Crippen molar-refractivity contribution in [2.45, 2.75) is 32.9 Å². The summed E-state index contributed by atoms with van der Waals surface area (Å²) in [5.41, 5.74) is 2.43. The number of nitrogens with one attached hydrogen (secondary N) is 1. The van der Waals surface area contributed by atoms with Crippen molar-refractivity contribution in [1.29, 1.82) is 0 Å². The summed E-state index contributed by atoms with van der Waals surface area (Å²) in [6.07, 6.45) is 5.98. The number of aromatic nitrogens is 4. The summed E-state index contributed by atoms with van der Waals surface area (Å²) in [5, 5.41) is 11.5. The number of nitrogens with zero attached hydrogens (tertiary/aromatic N) is 4. The van der Waals surface area contributed by atoms with E-state index in [2.05, 4.69) is 50.5 Å². The van der Waals surface area contributed by atoms with Gasteiger partial charge in [0.05, 0.1) is 17.2 Å². The number of halogens is 1. The van der Waals surface area contributed by atoms with Crippen LogP contribution in [0, 0.1) is 6.92 Å². The van der Waals surface area contributed by atoms with Crippen LogP contribution in [0.15, 0.2) is 53.4 Å². The van der Waals surface area contributed by atoms with Crippen molar-refractivity contribution in [1.82, 2.24) is 19.6 Å². The number of hydrogen-bond donors (Lipinski definition) is 1. The molecule has 0 aliphatic carbocycles. The molecule has 0 aliphatic rings. The Balaban J connectivity index is 1.68. The molecule has 130 valence electrons. The van der Waals surface area contributed by atoms with E-state index in [9.17, 15) is 4.79 Å². The van der Waals surface area contributed by atoms with E-state index in [0.717, 1.165) is 4.47 Å². The second kappa shape index (κ2) is 7.65. The third-order valence-electron chi connectivity index (χ3n) is 4.06. The summed E-state index contributed by atoms with van der Waals surface area (Å²) in [4.78, 5) is 12.5. The van der Waals surface area contributed by atoms with E-state index in [-0.39, 0.29) is 11.9 Å². The highest BCUT2D eigenvalue weighted by atomic mass is 79.9. The lowest BCUT2D eigenvalue weighted by molar-refractivity contribution is -0.119. The van der Waals surface area contributed by atoms with Crippen LogP contribution in [0.2, 0.25) is 0 Å². The van der Waals surface area contributed by atoms with Crippen molar-refractivity contribution in [2.75, 3.05) is 5.32 Å². The van der Waals surface area contributed by atoms with Gasteiger partial charge in [-0.2, -0.15) is 10.2 Å². The van der Waals surface area contributed by atoms with E-state index in [1.807, 2.05) is 36.0 Å². The van der Waals surface area contributed by atoms with Gasteiger partial charge in [0, 0.05) is 18.5 Å². The summed E-state index contributed by atoms with van der Waals surface area (Å²) < 4.78 is 4.33. The first-order chi connectivity index (χ1) is 12.1. The average Bonchev–Trinajstić information content (AvgIpc) is 3.20. The summed E-state index contributed by atoms with van der Waals surface area (Å²) >= 11 is 3.36. The van der Waals surface area contributed by atoms with Crippen LogP contribution in [0.3, 0.4) is 0 Å². The van der Waals surface area contributed by atoms with E-state index < -0.39 is 0 Å². The lowest BCUT2D eigenvalue weighted by atomic mass is 10.1. The molecule has 1 N–H and O–H groups in total. The number of carbonyl (C=O) groups is 1. The zero-order valence-corrected chi connectivity index (χ0v) is 15.8. The van der Waals surface area contributed by atoms with Crippen molar-refractivity contribution < 1.29 is 4.79 Å². The van der Waals surface area contributed by atoms with Crippen LogP contribution >= 0.6 is 15.9 Å². The molecule has 3 aromatic rings. The largest absolute Gasteiger partial charge is 0.307 e. The van der Waals surface area contributed by atoms with E-state index in [1.54, 1.807) is 17.1 Å². The van der Waals surface area contributed by atoms with Gasteiger partial charge in [-0.3, -0.25) is 14.2 Å². The van der Waals surface area contributed by atoms with Gasteiger partial charge in [0.2, 0.25) is 5.91 Å². The van der Waals surface area contributed by atoms with Crippen molar-refractivity contribution in [3.8, 4) is 0 Å². The Morgan fingerprint density at radius 2 is 2.12 bits per heavy atom. The van der Waals surface area contributed by atoms with E-state index in [1.165, 1.54) is 11.1 Å². The fourth-order valence-corrected chi connectivity index (χ4v) is 2.97. The van der Waals surface area contributed by atoms with Crippen LogP contribution in [-0.4, -0.2) is 25.5 Å². The van der Waals surface area contributed by atoms with Crippen LogP contribution in [0.25, 0.3) is 0 Å². The molecule has 3 rings (SSSR count). The molecule has 0 saturated carbocycles. The molecule has 0 radical (unpaired) electrons. The number of benzene rings is 1. The molecule has 1 unspecified atom stereocenters. The molecule has 25 heavy (non-hydrogen) atoms. The zero-order valence-electron chi connectivity index (χ0n) is 14.2. The fourth-order valence-electron chi connectivity index (χ4n) is 2.67. The summed E-state index contributed by atoms with van der Waals surface area (Å²) in [7, 11) is 0. The average molecular weight is 402 g/mol. The predicted molar refractivity (Wildman–Crippen MR) is 100 cm³/mol. The monoisotopic (exact) mass is 401 g/mol. The van der Waals surface area contributed by atoms with Crippen LogP contribution in [-0.2, 0) is 11.3 Å². The molecule has 1 amide bonds. The topological polar surface area (TPSA) is 64.7 Å². The molecular formula is C18H20BrN5O. The molecule has 2 heterocycles. The quantitative estimate of drug-likeness (QED) is 0.683. The van der Waals surface area contributed by atoms with Crippen LogP contribution < -0.4 is 5.32 Å². The Hall–Kier alpha value is -2.41. The number of rotatable bonds is 6. The zero-order chi connectivity index (χ0) is 17.8. The molecule has 1 atom stereocenters. The van der Waals surface area contributed by atoms with Crippen molar-refractivity contribution in [3.63, 3.8) is 0 Å². The molecule has 6 nitrogen and oxygen atoms in total. The van der Waals surface area contributed by atoms with Gasteiger partial charge in [0.15, 0.2) is 5.82 Å². The summed E-state index contributed by atoms with van der Waals surface area (Å²) in [6.45, 7) is 4.71. The highest BCUT2D eigenvalue weighted by molar-refractivity contribution is 9.10. The van der Waals surface area contributed by atoms with Crippen molar-refractivity contribution in [2.24, 2.45) is 0 Å². The first-order valence-corrected chi connectivity index (χ1v) is 8.94. The Bertz CT molecular complexity index is 870. The molecule has 2 aromatic heterocycles. The Morgan fingerprint density at radius 3 is 2.80 bits per heavy atom. The lowest BCUT2D eigenvalue weighted by Crippen LogP contribution is -2.26. The number of amides is 1. The Labute approximate surface area is 155 Å². The first kappa shape index (κ1) is 17.4. The van der Waals surface area contributed by atoms with Crippen LogP contribution in [0.1, 0.15) is 30.5 Å². The summed E-state index contributed by atoms with van der Waals surface area (Å²) in [6, 6.07) is 9.64. The van der Waals surface area contributed by atoms with Crippen LogP contribution in [0.4, 0.5) is 5.82 Å². The molecule has 0 saturated heterocycles. The minimum Gasteiger partial charge on any atom is -0.307 e. The Kier molecular flexibility index (Phi) is 5.33. The smallest absolute Gasteiger partial charge is 0.250 e. The molecule has 1 aromatic carbocycles. The van der Waals surface area contributed by atoms with E-state index in [4.69, 9.17) is 0 Å². The van der Waals surface area contributed by atoms with Gasteiger partial charge in [-0.15, -0.1) is 0 Å². The standard InChI is InChI=1S/C18H20BrN5O/c1-3-16(24-12-15(19)10-20-24)18(25)21-17-8-9-23(22-17)11-14-7-5-4-6-13(14)2/h4-10,12,16H,3,11H2,1-2H3,(H,21,22,25). The third-order valence-corrected chi connectivity index (χ3v) is 4.47. The third kappa shape index (κ3) is 4.17. The van der Waals surface area contributed by atoms with E-state index in [0.29, 0.717) is 18.8 Å². The van der Waals surface area contributed by atoms with E-state index >= 15 is 0 Å². The van der Waals surface area contributed by atoms with Crippen LogP contribution in [0.5, 0.6) is 0 Å². The highest BCUT2D eigenvalue weighted by Crippen LogP contribution is 2.17. The first-order valence-electron chi connectivity index (χ1n) is 8.15. The molecule has 0 bridgehead atoms. The number of carbonyl (C=O) groups excluding carboxylic acids is 1. The van der Waals surface area contributed by atoms with Gasteiger partial charge in [0.1, 0.15) is 6.04 Å². The highest BCUT2D eigenvalue weighted by Gasteiger charge is 2.20.